The second-order valence-electron chi connectivity index (χ2n) is 4.11. The van der Waals surface area contributed by atoms with Crippen molar-refractivity contribution >= 4 is 5.91 Å². The molecule has 0 radical (unpaired) electrons. The lowest BCUT2D eigenvalue weighted by atomic mass is 9.83. The molecule has 0 bridgehead atoms. The first-order valence-corrected chi connectivity index (χ1v) is 5.79. The van der Waals surface area contributed by atoms with Gasteiger partial charge in [-0.2, -0.15) is 0 Å². The molecule has 0 aromatic heterocycles. The van der Waals surface area contributed by atoms with E-state index in [0.29, 0.717) is 6.61 Å². The molecule has 1 N–H and O–H groups in total. The normalized spacial score (nSPS) is 18.9. The highest BCUT2D eigenvalue weighted by Gasteiger charge is 2.24. The van der Waals surface area contributed by atoms with Crippen molar-refractivity contribution in [2.24, 2.45) is 5.92 Å². The van der Waals surface area contributed by atoms with Crippen LogP contribution in [0.5, 0.6) is 0 Å². The number of carbonyl (C=O) groups excluding carboxylic acids is 1. The third kappa shape index (κ3) is 2.42. The molecular formula is C13H17NO2. The van der Waals surface area contributed by atoms with Crippen LogP contribution < -0.4 is 5.48 Å². The highest BCUT2D eigenvalue weighted by atomic mass is 16.6. The number of hydrogen-bond acceptors (Lipinski definition) is 2. The van der Waals surface area contributed by atoms with Gasteiger partial charge in [-0.15, -0.1) is 0 Å². The molecule has 16 heavy (non-hydrogen) atoms. The fourth-order valence-corrected chi connectivity index (χ4v) is 2.15. The molecule has 1 atom stereocenters. The summed E-state index contributed by atoms with van der Waals surface area (Å²) in [5.74, 6) is 0.0674. The number of hydrogen-bond donors (Lipinski definition) is 1. The Morgan fingerprint density at radius 2 is 2.19 bits per heavy atom. The standard InChI is InChI=1S/C13H17NO2/c1-2-16-14-13(15)12-8-7-10-5-3-4-6-11(10)9-12/h3-6,12H,2,7-9H2,1H3,(H,14,15). The molecule has 1 amide bonds. The maximum Gasteiger partial charge on any atom is 0.246 e. The molecular weight excluding hydrogens is 202 g/mol. The van der Waals surface area contributed by atoms with Gasteiger partial charge in [0.15, 0.2) is 0 Å². The zero-order valence-electron chi connectivity index (χ0n) is 9.53. The van der Waals surface area contributed by atoms with Gasteiger partial charge in [0, 0.05) is 5.92 Å². The average Bonchev–Trinajstić information content (AvgIpc) is 2.35. The van der Waals surface area contributed by atoms with Crippen LogP contribution >= 0.6 is 0 Å². The number of aryl methyl sites for hydroxylation is 1. The van der Waals surface area contributed by atoms with Gasteiger partial charge < -0.3 is 0 Å². The van der Waals surface area contributed by atoms with Crippen molar-refractivity contribution in [2.75, 3.05) is 6.61 Å². The summed E-state index contributed by atoms with van der Waals surface area (Å²) in [5, 5.41) is 0. The van der Waals surface area contributed by atoms with Crippen molar-refractivity contribution in [3.05, 3.63) is 35.4 Å². The van der Waals surface area contributed by atoms with Gasteiger partial charge in [-0.05, 0) is 37.3 Å². The topological polar surface area (TPSA) is 38.3 Å². The first kappa shape index (κ1) is 11.1. The van der Waals surface area contributed by atoms with Crippen LogP contribution in [0.1, 0.15) is 24.5 Å². The molecule has 0 heterocycles. The van der Waals surface area contributed by atoms with Crippen LogP contribution in [-0.2, 0) is 22.5 Å². The van der Waals surface area contributed by atoms with E-state index in [1.165, 1.54) is 11.1 Å². The van der Waals surface area contributed by atoms with E-state index in [9.17, 15) is 4.79 Å². The van der Waals surface area contributed by atoms with Gasteiger partial charge in [0.2, 0.25) is 5.91 Å². The van der Waals surface area contributed by atoms with Gasteiger partial charge in [0.1, 0.15) is 0 Å². The van der Waals surface area contributed by atoms with Crippen LogP contribution in [0, 0.1) is 5.92 Å². The summed E-state index contributed by atoms with van der Waals surface area (Å²) in [7, 11) is 0. The van der Waals surface area contributed by atoms with Gasteiger partial charge in [-0.3, -0.25) is 9.63 Å². The van der Waals surface area contributed by atoms with Gasteiger partial charge in [0.05, 0.1) is 6.61 Å². The fraction of sp³-hybridized carbons (Fsp3) is 0.462. The maximum atomic E-state index is 11.7. The van der Waals surface area contributed by atoms with Crippen LogP contribution in [-0.4, -0.2) is 12.5 Å². The molecule has 3 heteroatoms. The Bertz CT molecular complexity index is 376. The predicted octanol–water partition coefficient (Wildman–Crippen LogP) is 1.86. The van der Waals surface area contributed by atoms with E-state index >= 15 is 0 Å². The lowest BCUT2D eigenvalue weighted by molar-refractivity contribution is -0.137. The fourth-order valence-electron chi connectivity index (χ4n) is 2.15. The maximum absolute atomic E-state index is 11.7. The lowest BCUT2D eigenvalue weighted by Gasteiger charge is -2.23. The Labute approximate surface area is 95.8 Å². The van der Waals surface area contributed by atoms with E-state index < -0.39 is 0 Å². The van der Waals surface area contributed by atoms with Crippen LogP contribution in [0.25, 0.3) is 0 Å². The SMILES string of the molecule is CCONC(=O)C1CCc2ccccc2C1. The van der Waals surface area contributed by atoms with E-state index in [0.717, 1.165) is 19.3 Å². The number of hydroxylamine groups is 1. The molecule has 1 aliphatic carbocycles. The van der Waals surface area contributed by atoms with Crippen molar-refractivity contribution < 1.29 is 9.63 Å². The van der Waals surface area contributed by atoms with Gasteiger partial charge in [0.25, 0.3) is 0 Å². The largest absolute Gasteiger partial charge is 0.274 e. The number of benzene rings is 1. The first-order chi connectivity index (χ1) is 7.81. The molecule has 0 saturated heterocycles. The van der Waals surface area contributed by atoms with E-state index in [1.807, 2.05) is 13.0 Å². The van der Waals surface area contributed by atoms with Crippen LogP contribution in [0.4, 0.5) is 0 Å². The third-order valence-corrected chi connectivity index (χ3v) is 3.03. The molecule has 1 aliphatic rings. The van der Waals surface area contributed by atoms with Crippen molar-refractivity contribution in [2.45, 2.75) is 26.2 Å². The minimum Gasteiger partial charge on any atom is -0.274 e. The average molecular weight is 219 g/mol. The van der Waals surface area contributed by atoms with Crippen molar-refractivity contribution in [1.29, 1.82) is 0 Å². The Hall–Kier alpha value is -1.35. The molecule has 2 rings (SSSR count). The molecule has 1 aromatic carbocycles. The Morgan fingerprint density at radius 1 is 1.44 bits per heavy atom. The minimum absolute atomic E-state index is 0.0105. The smallest absolute Gasteiger partial charge is 0.246 e. The summed E-state index contributed by atoms with van der Waals surface area (Å²) in [6, 6.07) is 8.34. The summed E-state index contributed by atoms with van der Waals surface area (Å²) in [6.07, 6.45) is 2.73. The summed E-state index contributed by atoms with van der Waals surface area (Å²) < 4.78 is 0. The second kappa shape index (κ2) is 5.12. The second-order valence-corrected chi connectivity index (χ2v) is 4.11. The van der Waals surface area contributed by atoms with Crippen molar-refractivity contribution in [3.8, 4) is 0 Å². The zero-order chi connectivity index (χ0) is 11.4. The number of carbonyl (C=O) groups is 1. The van der Waals surface area contributed by atoms with Crippen LogP contribution in [0.2, 0.25) is 0 Å². The number of nitrogens with one attached hydrogen (secondary N) is 1. The zero-order valence-corrected chi connectivity index (χ0v) is 9.53. The minimum atomic E-state index is 0.0105. The van der Waals surface area contributed by atoms with Gasteiger partial charge >= 0.3 is 0 Å². The third-order valence-electron chi connectivity index (χ3n) is 3.03. The lowest BCUT2D eigenvalue weighted by Crippen LogP contribution is -2.34. The summed E-state index contributed by atoms with van der Waals surface area (Å²) in [4.78, 5) is 16.7. The highest BCUT2D eigenvalue weighted by molar-refractivity contribution is 5.78. The van der Waals surface area contributed by atoms with Crippen molar-refractivity contribution in [1.82, 2.24) is 5.48 Å². The predicted molar refractivity (Wildman–Crippen MR) is 61.7 cm³/mol. The molecule has 0 fully saturated rings. The van der Waals surface area contributed by atoms with E-state index in [2.05, 4.69) is 23.7 Å². The quantitative estimate of drug-likeness (QED) is 0.788. The summed E-state index contributed by atoms with van der Waals surface area (Å²) in [5.41, 5.74) is 5.17. The monoisotopic (exact) mass is 219 g/mol. The number of fused-ring (bicyclic) bond motifs is 1. The molecule has 0 spiro atoms. The molecule has 3 nitrogen and oxygen atoms in total. The first-order valence-electron chi connectivity index (χ1n) is 5.79. The Balaban J connectivity index is 1.99. The van der Waals surface area contributed by atoms with Crippen LogP contribution in [0.15, 0.2) is 24.3 Å². The molecule has 0 aliphatic heterocycles. The molecule has 1 aromatic rings. The summed E-state index contributed by atoms with van der Waals surface area (Å²) in [6.45, 7) is 2.37. The van der Waals surface area contributed by atoms with E-state index in [4.69, 9.17) is 4.84 Å². The van der Waals surface area contributed by atoms with Gasteiger partial charge in [-0.1, -0.05) is 24.3 Å². The number of amides is 1. The summed E-state index contributed by atoms with van der Waals surface area (Å²) >= 11 is 0. The highest BCUT2D eigenvalue weighted by Crippen LogP contribution is 2.25. The molecule has 0 saturated carbocycles. The van der Waals surface area contributed by atoms with Crippen LogP contribution in [0.3, 0.4) is 0 Å². The molecule has 1 unspecified atom stereocenters. The Morgan fingerprint density at radius 3 is 2.94 bits per heavy atom. The van der Waals surface area contributed by atoms with E-state index in [-0.39, 0.29) is 11.8 Å². The Kier molecular flexibility index (Phi) is 3.57. The van der Waals surface area contributed by atoms with Crippen molar-refractivity contribution in [3.63, 3.8) is 0 Å². The van der Waals surface area contributed by atoms with Gasteiger partial charge in [-0.25, -0.2) is 5.48 Å². The molecule has 86 valence electrons. The number of rotatable bonds is 3. The van der Waals surface area contributed by atoms with E-state index in [1.54, 1.807) is 0 Å².